The van der Waals surface area contributed by atoms with Gasteiger partial charge in [-0.25, -0.2) is 4.79 Å². The Morgan fingerprint density at radius 3 is 2.42 bits per heavy atom. The maximum Gasteiger partial charge on any atom is 0.319 e. The fraction of sp³-hybridized carbons (Fsp3) is 0.304. The normalized spacial score (nSPS) is 12.6. The van der Waals surface area contributed by atoms with Crippen LogP contribution >= 0.6 is 11.3 Å². The number of rotatable bonds is 7. The molecule has 0 aliphatic heterocycles. The average Bonchev–Trinajstić information content (AvgIpc) is 3.20. The predicted octanol–water partition coefficient (Wildman–Crippen LogP) is 5.00. The number of aryl methyl sites for hydroxylation is 2. The SMILES string of the molecule is CC[C@@H](C)[C@@H](NC(=O)Nc1cccc(C)c1)C(=O)Nc1nnc(-c2ccc(C)cc2)s1. The van der Waals surface area contributed by atoms with Crippen molar-refractivity contribution in [1.82, 2.24) is 15.5 Å². The van der Waals surface area contributed by atoms with E-state index in [0.29, 0.717) is 10.8 Å². The third-order valence-electron chi connectivity index (χ3n) is 5.01. The van der Waals surface area contributed by atoms with Crippen molar-refractivity contribution < 1.29 is 9.59 Å². The summed E-state index contributed by atoms with van der Waals surface area (Å²) in [7, 11) is 0. The lowest BCUT2D eigenvalue weighted by atomic mass is 9.98. The van der Waals surface area contributed by atoms with Crippen LogP contribution < -0.4 is 16.0 Å². The highest BCUT2D eigenvalue weighted by Crippen LogP contribution is 2.26. The Morgan fingerprint density at radius 1 is 1.00 bits per heavy atom. The third kappa shape index (κ3) is 6.11. The lowest BCUT2D eigenvalue weighted by molar-refractivity contribution is -0.119. The first kappa shape index (κ1) is 22.4. The van der Waals surface area contributed by atoms with E-state index in [0.717, 1.165) is 28.1 Å². The van der Waals surface area contributed by atoms with Gasteiger partial charge in [0.15, 0.2) is 0 Å². The van der Waals surface area contributed by atoms with Crippen LogP contribution in [0.15, 0.2) is 48.5 Å². The van der Waals surface area contributed by atoms with Crippen LogP contribution in [0.4, 0.5) is 15.6 Å². The van der Waals surface area contributed by atoms with Gasteiger partial charge in [0.05, 0.1) is 0 Å². The van der Waals surface area contributed by atoms with E-state index < -0.39 is 12.1 Å². The number of aromatic nitrogens is 2. The second-order valence-corrected chi connectivity index (χ2v) is 8.58. The highest BCUT2D eigenvalue weighted by atomic mass is 32.1. The number of hydrogen-bond acceptors (Lipinski definition) is 5. The summed E-state index contributed by atoms with van der Waals surface area (Å²) in [6.45, 7) is 7.87. The van der Waals surface area contributed by atoms with Gasteiger partial charge in [-0.3, -0.25) is 10.1 Å². The molecule has 1 heterocycles. The largest absolute Gasteiger partial charge is 0.326 e. The molecule has 0 radical (unpaired) electrons. The van der Waals surface area contributed by atoms with E-state index in [2.05, 4.69) is 26.1 Å². The summed E-state index contributed by atoms with van der Waals surface area (Å²) in [6, 6.07) is 14.3. The van der Waals surface area contributed by atoms with Crippen molar-refractivity contribution in [2.45, 2.75) is 40.2 Å². The molecule has 162 valence electrons. The van der Waals surface area contributed by atoms with Gasteiger partial charge in [0.1, 0.15) is 11.0 Å². The molecule has 3 rings (SSSR count). The van der Waals surface area contributed by atoms with E-state index in [1.54, 1.807) is 6.07 Å². The number of nitrogens with one attached hydrogen (secondary N) is 3. The minimum atomic E-state index is -0.707. The highest BCUT2D eigenvalue weighted by Gasteiger charge is 2.27. The molecule has 0 saturated carbocycles. The number of benzene rings is 2. The van der Waals surface area contributed by atoms with Crippen LogP contribution in [0, 0.1) is 19.8 Å². The molecule has 2 aromatic carbocycles. The van der Waals surface area contributed by atoms with Crippen molar-refractivity contribution in [1.29, 1.82) is 0 Å². The third-order valence-corrected chi connectivity index (χ3v) is 5.90. The molecule has 0 aliphatic rings. The first-order valence-corrected chi connectivity index (χ1v) is 11.0. The second kappa shape index (κ2) is 10.2. The van der Waals surface area contributed by atoms with Gasteiger partial charge in [-0.15, -0.1) is 10.2 Å². The van der Waals surface area contributed by atoms with Crippen LogP contribution in [0.25, 0.3) is 10.6 Å². The maximum absolute atomic E-state index is 12.9. The molecule has 3 N–H and O–H groups in total. The van der Waals surface area contributed by atoms with Crippen LogP contribution in [0.5, 0.6) is 0 Å². The minimum absolute atomic E-state index is 0.0623. The van der Waals surface area contributed by atoms with E-state index in [9.17, 15) is 9.59 Å². The lowest BCUT2D eigenvalue weighted by Crippen LogP contribution is -2.49. The first-order valence-electron chi connectivity index (χ1n) is 10.2. The van der Waals surface area contributed by atoms with Gasteiger partial charge in [-0.05, 0) is 37.5 Å². The molecule has 2 atom stereocenters. The molecule has 0 unspecified atom stereocenters. The fourth-order valence-corrected chi connectivity index (χ4v) is 3.75. The van der Waals surface area contributed by atoms with Crippen molar-refractivity contribution in [2.75, 3.05) is 10.6 Å². The molecule has 7 nitrogen and oxygen atoms in total. The topological polar surface area (TPSA) is 96.0 Å². The van der Waals surface area contributed by atoms with Crippen LogP contribution in [-0.4, -0.2) is 28.2 Å². The lowest BCUT2D eigenvalue weighted by Gasteiger charge is -2.23. The van der Waals surface area contributed by atoms with Gasteiger partial charge < -0.3 is 10.6 Å². The van der Waals surface area contributed by atoms with Crippen LogP contribution in [0.2, 0.25) is 0 Å². The van der Waals surface area contributed by atoms with Crippen molar-refractivity contribution in [3.05, 3.63) is 59.7 Å². The number of hydrogen-bond donors (Lipinski definition) is 3. The Morgan fingerprint density at radius 2 is 1.74 bits per heavy atom. The number of carbonyl (C=O) groups excluding carboxylic acids is 2. The van der Waals surface area contributed by atoms with Gasteiger partial charge in [-0.1, -0.05) is 73.6 Å². The smallest absolute Gasteiger partial charge is 0.319 e. The number of nitrogens with zero attached hydrogens (tertiary/aromatic N) is 2. The Kier molecular flexibility index (Phi) is 7.36. The number of anilines is 2. The van der Waals surface area contributed by atoms with Crippen LogP contribution in [-0.2, 0) is 4.79 Å². The summed E-state index contributed by atoms with van der Waals surface area (Å²) in [6.07, 6.45) is 0.730. The Labute approximate surface area is 186 Å². The number of amides is 3. The zero-order valence-corrected chi connectivity index (χ0v) is 18.9. The molecule has 8 heteroatoms. The molecule has 0 saturated heterocycles. The average molecular weight is 438 g/mol. The van der Waals surface area contributed by atoms with Gasteiger partial charge in [0, 0.05) is 11.3 Å². The van der Waals surface area contributed by atoms with Crippen LogP contribution in [0.3, 0.4) is 0 Å². The highest BCUT2D eigenvalue weighted by molar-refractivity contribution is 7.18. The molecular weight excluding hydrogens is 410 g/mol. The van der Waals surface area contributed by atoms with Crippen molar-refractivity contribution in [3.63, 3.8) is 0 Å². The molecule has 3 aromatic rings. The molecular formula is C23H27N5O2S. The van der Waals surface area contributed by atoms with Crippen LogP contribution in [0.1, 0.15) is 31.4 Å². The van der Waals surface area contributed by atoms with E-state index in [1.165, 1.54) is 11.3 Å². The quantitative estimate of drug-likeness (QED) is 0.485. The monoisotopic (exact) mass is 437 g/mol. The van der Waals surface area contributed by atoms with Crippen molar-refractivity contribution >= 4 is 34.1 Å². The molecule has 31 heavy (non-hydrogen) atoms. The first-order chi connectivity index (χ1) is 14.9. The van der Waals surface area contributed by atoms with Gasteiger partial charge >= 0.3 is 6.03 Å². The zero-order valence-electron chi connectivity index (χ0n) is 18.1. The predicted molar refractivity (Wildman–Crippen MR) is 125 cm³/mol. The Balaban J connectivity index is 1.67. The molecule has 1 aromatic heterocycles. The van der Waals surface area contributed by atoms with Gasteiger partial charge in [-0.2, -0.15) is 0 Å². The zero-order chi connectivity index (χ0) is 22.4. The van der Waals surface area contributed by atoms with Gasteiger partial charge in [0.2, 0.25) is 11.0 Å². The molecule has 0 spiro atoms. The fourth-order valence-electron chi connectivity index (χ4n) is 3.00. The minimum Gasteiger partial charge on any atom is -0.326 e. The summed E-state index contributed by atoms with van der Waals surface area (Å²) in [5.74, 6) is -0.381. The van der Waals surface area contributed by atoms with E-state index in [4.69, 9.17) is 0 Å². The van der Waals surface area contributed by atoms with E-state index in [1.807, 2.05) is 70.2 Å². The summed E-state index contributed by atoms with van der Waals surface area (Å²) >= 11 is 1.30. The molecule has 3 amide bonds. The van der Waals surface area contributed by atoms with E-state index in [-0.39, 0.29) is 11.8 Å². The number of urea groups is 1. The Bertz CT molecular complexity index is 1050. The summed E-state index contributed by atoms with van der Waals surface area (Å²) in [4.78, 5) is 25.4. The molecule has 0 aliphatic carbocycles. The van der Waals surface area contributed by atoms with Crippen molar-refractivity contribution in [3.8, 4) is 10.6 Å². The summed E-state index contributed by atoms with van der Waals surface area (Å²) in [5, 5.41) is 17.8. The van der Waals surface area contributed by atoms with Gasteiger partial charge in [0.25, 0.3) is 0 Å². The van der Waals surface area contributed by atoms with Crippen molar-refractivity contribution in [2.24, 2.45) is 5.92 Å². The second-order valence-electron chi connectivity index (χ2n) is 7.60. The van der Waals surface area contributed by atoms with E-state index >= 15 is 0 Å². The molecule has 0 bridgehead atoms. The summed E-state index contributed by atoms with van der Waals surface area (Å²) < 4.78 is 0. The Hall–Kier alpha value is -3.26. The molecule has 0 fully saturated rings. The summed E-state index contributed by atoms with van der Waals surface area (Å²) in [5.41, 5.74) is 3.81. The standard InChI is InChI=1S/C23H27N5O2S/c1-5-16(4)19(25-22(30)24-18-8-6-7-15(3)13-18)20(29)26-23-28-27-21(31-23)17-11-9-14(2)10-12-17/h6-13,16,19H,5H2,1-4H3,(H2,24,25,30)(H,26,28,29)/t16-,19-/m1/s1. The number of carbonyl (C=O) groups is 2. The maximum atomic E-state index is 12.9.